The Morgan fingerprint density at radius 1 is 1.45 bits per heavy atom. The Morgan fingerprint density at radius 3 is 2.80 bits per heavy atom. The topological polar surface area (TPSA) is 67.4 Å². The maximum absolute atomic E-state index is 12.1. The van der Waals surface area contributed by atoms with Crippen LogP contribution in [0.15, 0.2) is 27.6 Å². The summed E-state index contributed by atoms with van der Waals surface area (Å²) in [7, 11) is 1.55. The molecule has 1 rings (SSSR count). The fourth-order valence-electron chi connectivity index (χ4n) is 1.46. The van der Waals surface area contributed by atoms with Gasteiger partial charge >= 0.3 is 0 Å². The lowest BCUT2D eigenvalue weighted by Gasteiger charge is -2.14. The molecule has 0 aromatic heterocycles. The van der Waals surface area contributed by atoms with Crippen molar-refractivity contribution in [3.8, 4) is 0 Å². The van der Waals surface area contributed by atoms with Gasteiger partial charge in [0.05, 0.1) is 12.2 Å². The van der Waals surface area contributed by atoms with Crippen LogP contribution in [-0.2, 0) is 9.53 Å². The van der Waals surface area contributed by atoms with Gasteiger partial charge in [-0.15, -0.1) is 12.6 Å². The molecule has 110 valence electrons. The first-order valence-electron chi connectivity index (χ1n) is 6.01. The second-order valence-electron chi connectivity index (χ2n) is 4.14. The summed E-state index contributed by atoms with van der Waals surface area (Å²) in [5.74, 6) is -0.587. The van der Waals surface area contributed by atoms with Crippen LogP contribution in [0.3, 0.4) is 0 Å². The SMILES string of the molecule is COCCNC(=O)C(C)NC(=O)c1cc(S)ccc1Br. The van der Waals surface area contributed by atoms with Crippen LogP contribution in [0.4, 0.5) is 0 Å². The van der Waals surface area contributed by atoms with Crippen LogP contribution < -0.4 is 10.6 Å². The Bertz CT molecular complexity index is 497. The number of hydrogen-bond acceptors (Lipinski definition) is 4. The van der Waals surface area contributed by atoms with E-state index in [1.807, 2.05) is 0 Å². The number of thiol groups is 1. The summed E-state index contributed by atoms with van der Waals surface area (Å²) < 4.78 is 5.49. The molecule has 0 fully saturated rings. The number of hydrogen-bond donors (Lipinski definition) is 3. The van der Waals surface area contributed by atoms with Gasteiger partial charge < -0.3 is 15.4 Å². The van der Waals surface area contributed by atoms with Crippen molar-refractivity contribution >= 4 is 40.4 Å². The summed E-state index contributed by atoms with van der Waals surface area (Å²) in [5, 5.41) is 5.30. The summed E-state index contributed by atoms with van der Waals surface area (Å²) in [6.45, 7) is 2.46. The van der Waals surface area contributed by atoms with Gasteiger partial charge in [-0.3, -0.25) is 9.59 Å². The van der Waals surface area contributed by atoms with E-state index < -0.39 is 6.04 Å². The van der Waals surface area contributed by atoms with E-state index in [-0.39, 0.29) is 11.8 Å². The summed E-state index contributed by atoms with van der Waals surface area (Å²) in [6, 6.07) is 4.51. The predicted molar refractivity (Wildman–Crippen MR) is 83.2 cm³/mol. The number of rotatable bonds is 6. The second-order valence-corrected chi connectivity index (χ2v) is 5.51. The quantitative estimate of drug-likeness (QED) is 0.533. The molecule has 0 aliphatic heterocycles. The van der Waals surface area contributed by atoms with Crippen molar-refractivity contribution in [2.45, 2.75) is 17.9 Å². The summed E-state index contributed by atoms with van der Waals surface area (Å²) in [5.41, 5.74) is 0.439. The normalized spacial score (nSPS) is 11.8. The Kier molecular flexibility index (Phi) is 7.04. The second kappa shape index (κ2) is 8.28. The third kappa shape index (κ3) is 5.15. The summed E-state index contributed by atoms with van der Waals surface area (Å²) in [4.78, 5) is 24.5. The average molecular weight is 361 g/mol. The van der Waals surface area contributed by atoms with Crippen LogP contribution in [0, 0.1) is 0 Å². The highest BCUT2D eigenvalue weighted by molar-refractivity contribution is 9.10. The molecule has 0 radical (unpaired) electrons. The third-order valence-electron chi connectivity index (χ3n) is 2.54. The van der Waals surface area contributed by atoms with Crippen LogP contribution in [0.25, 0.3) is 0 Å². The molecule has 0 aliphatic rings. The zero-order chi connectivity index (χ0) is 15.1. The Morgan fingerprint density at radius 2 is 2.15 bits per heavy atom. The van der Waals surface area contributed by atoms with E-state index >= 15 is 0 Å². The lowest BCUT2D eigenvalue weighted by Crippen LogP contribution is -2.45. The molecule has 0 bridgehead atoms. The number of carbonyl (C=O) groups is 2. The van der Waals surface area contributed by atoms with E-state index in [2.05, 4.69) is 39.2 Å². The number of carbonyl (C=O) groups excluding carboxylic acids is 2. The van der Waals surface area contributed by atoms with Gasteiger partial charge in [-0.2, -0.15) is 0 Å². The minimum atomic E-state index is -0.630. The molecular weight excluding hydrogens is 344 g/mol. The molecule has 1 unspecified atom stereocenters. The number of benzene rings is 1. The first kappa shape index (κ1) is 17.0. The zero-order valence-electron chi connectivity index (χ0n) is 11.3. The summed E-state index contributed by atoms with van der Waals surface area (Å²) in [6.07, 6.45) is 0. The molecule has 1 aromatic carbocycles. The minimum absolute atomic E-state index is 0.256. The van der Waals surface area contributed by atoms with Crippen molar-refractivity contribution in [2.75, 3.05) is 20.3 Å². The average Bonchev–Trinajstić information content (AvgIpc) is 2.41. The maximum atomic E-state index is 12.1. The number of methoxy groups -OCH3 is 1. The van der Waals surface area contributed by atoms with Crippen molar-refractivity contribution < 1.29 is 14.3 Å². The number of nitrogens with one attached hydrogen (secondary N) is 2. The largest absolute Gasteiger partial charge is 0.383 e. The lowest BCUT2D eigenvalue weighted by molar-refractivity contribution is -0.122. The van der Waals surface area contributed by atoms with Crippen LogP contribution in [0.2, 0.25) is 0 Å². The molecule has 0 saturated carbocycles. The third-order valence-corrected chi connectivity index (χ3v) is 3.51. The highest BCUT2D eigenvalue weighted by Gasteiger charge is 2.17. The van der Waals surface area contributed by atoms with E-state index in [1.54, 1.807) is 32.2 Å². The van der Waals surface area contributed by atoms with Crippen molar-refractivity contribution in [2.24, 2.45) is 0 Å². The van der Waals surface area contributed by atoms with Crippen molar-refractivity contribution in [3.63, 3.8) is 0 Å². The van der Waals surface area contributed by atoms with E-state index in [0.29, 0.717) is 28.1 Å². The van der Waals surface area contributed by atoms with Crippen molar-refractivity contribution in [1.82, 2.24) is 10.6 Å². The first-order valence-corrected chi connectivity index (χ1v) is 7.25. The molecule has 7 heteroatoms. The Balaban J connectivity index is 2.61. The molecule has 0 heterocycles. The van der Waals surface area contributed by atoms with Gasteiger partial charge in [0.15, 0.2) is 0 Å². The Labute approximate surface area is 132 Å². The van der Waals surface area contributed by atoms with Crippen LogP contribution in [0.5, 0.6) is 0 Å². The van der Waals surface area contributed by atoms with Crippen LogP contribution >= 0.6 is 28.6 Å². The monoisotopic (exact) mass is 360 g/mol. The minimum Gasteiger partial charge on any atom is -0.383 e. The number of ether oxygens (including phenoxy) is 1. The van der Waals surface area contributed by atoms with Gasteiger partial charge in [-0.05, 0) is 41.1 Å². The van der Waals surface area contributed by atoms with Gasteiger partial charge in [0.25, 0.3) is 5.91 Å². The molecule has 0 spiro atoms. The Hall–Kier alpha value is -1.05. The molecule has 1 aromatic rings. The van der Waals surface area contributed by atoms with Crippen LogP contribution in [0.1, 0.15) is 17.3 Å². The van der Waals surface area contributed by atoms with Gasteiger partial charge in [0, 0.05) is 23.0 Å². The van der Waals surface area contributed by atoms with Crippen molar-refractivity contribution in [1.29, 1.82) is 0 Å². The standard InChI is InChI=1S/C13H17BrN2O3S/c1-8(12(17)15-5-6-19-2)16-13(18)10-7-9(20)3-4-11(10)14/h3-4,7-8,20H,5-6H2,1-2H3,(H,15,17)(H,16,18). The van der Waals surface area contributed by atoms with E-state index in [1.165, 1.54) is 0 Å². The molecule has 2 amide bonds. The molecular formula is C13H17BrN2O3S. The number of halogens is 1. The zero-order valence-corrected chi connectivity index (χ0v) is 13.8. The molecule has 0 saturated heterocycles. The van der Waals surface area contributed by atoms with Crippen molar-refractivity contribution in [3.05, 3.63) is 28.2 Å². The lowest BCUT2D eigenvalue weighted by atomic mass is 10.2. The van der Waals surface area contributed by atoms with E-state index in [9.17, 15) is 9.59 Å². The van der Waals surface area contributed by atoms with E-state index in [4.69, 9.17) is 4.74 Å². The summed E-state index contributed by atoms with van der Waals surface area (Å²) >= 11 is 7.49. The fourth-order valence-corrected chi connectivity index (χ4v) is 2.09. The first-order chi connectivity index (χ1) is 9.45. The van der Waals surface area contributed by atoms with Gasteiger partial charge in [0.2, 0.25) is 5.91 Å². The molecule has 1 atom stereocenters. The highest BCUT2D eigenvalue weighted by atomic mass is 79.9. The molecule has 5 nitrogen and oxygen atoms in total. The molecule has 0 aliphatic carbocycles. The smallest absolute Gasteiger partial charge is 0.253 e. The van der Waals surface area contributed by atoms with Gasteiger partial charge in [0.1, 0.15) is 6.04 Å². The predicted octanol–water partition coefficient (Wildman–Crippen LogP) is 1.62. The molecule has 20 heavy (non-hydrogen) atoms. The van der Waals surface area contributed by atoms with E-state index in [0.717, 1.165) is 0 Å². The van der Waals surface area contributed by atoms with Crippen LogP contribution in [-0.4, -0.2) is 38.1 Å². The van der Waals surface area contributed by atoms with Gasteiger partial charge in [-0.25, -0.2) is 0 Å². The molecule has 2 N–H and O–H groups in total. The fraction of sp³-hybridized carbons (Fsp3) is 0.385. The highest BCUT2D eigenvalue weighted by Crippen LogP contribution is 2.20. The maximum Gasteiger partial charge on any atom is 0.253 e. The van der Waals surface area contributed by atoms with Gasteiger partial charge in [-0.1, -0.05) is 0 Å². The number of amides is 2.